The Hall–Kier alpha value is -4.01. The Bertz CT molecular complexity index is 1130. The van der Waals surface area contributed by atoms with Gasteiger partial charge in [0.25, 0.3) is 10.2 Å². The van der Waals surface area contributed by atoms with Gasteiger partial charge in [-0.1, -0.05) is 12.1 Å². The van der Waals surface area contributed by atoms with E-state index in [-0.39, 0.29) is 23.8 Å². The summed E-state index contributed by atoms with van der Waals surface area (Å²) in [6.45, 7) is -0.180. The fraction of sp³-hybridized carbons (Fsp3) is 0.200. The number of anilines is 1. The standard InChI is InChI=1S/C20H23N5O8S/c21-20(22)24-14-5-3-13(4-6-14)19(30)33-16-7-1-12(2-8-16)11-23-34(31,32)25-15(9-17(26)27)10-18(28)29/h1-8,15,23,25H,9-11H2,(H,26,27)(H,28,29)(H4,21,22,24). The van der Waals surface area contributed by atoms with Gasteiger partial charge in [0, 0.05) is 18.3 Å². The second-order valence-corrected chi connectivity index (χ2v) is 8.52. The first-order chi connectivity index (χ1) is 15.9. The summed E-state index contributed by atoms with van der Waals surface area (Å²) in [6.07, 6.45) is -1.38. The first kappa shape index (κ1) is 26.2. The molecule has 34 heavy (non-hydrogen) atoms. The number of aliphatic carboxylic acids is 2. The Labute approximate surface area is 194 Å². The molecule has 0 saturated carbocycles. The minimum Gasteiger partial charge on any atom is -0.481 e. The second-order valence-electron chi connectivity index (χ2n) is 6.98. The number of hydrogen-bond donors (Lipinski definition) is 7. The molecule has 0 aromatic heterocycles. The number of hydrogen-bond acceptors (Lipinski definition) is 7. The summed E-state index contributed by atoms with van der Waals surface area (Å²) >= 11 is 0. The van der Waals surface area contributed by atoms with Crippen LogP contribution in [0, 0.1) is 5.41 Å². The van der Waals surface area contributed by atoms with Gasteiger partial charge in [-0.25, -0.2) is 4.79 Å². The number of esters is 1. The van der Waals surface area contributed by atoms with Crippen LogP contribution in [0.2, 0.25) is 0 Å². The average molecular weight is 493 g/mol. The van der Waals surface area contributed by atoms with Crippen LogP contribution in [0.4, 0.5) is 5.69 Å². The molecule has 182 valence electrons. The molecule has 2 rings (SSSR count). The minimum atomic E-state index is -4.18. The molecule has 0 bridgehead atoms. The second kappa shape index (κ2) is 11.7. The van der Waals surface area contributed by atoms with Crippen molar-refractivity contribution < 1.29 is 37.8 Å². The van der Waals surface area contributed by atoms with E-state index in [9.17, 15) is 22.8 Å². The van der Waals surface area contributed by atoms with Crippen molar-refractivity contribution in [3.63, 3.8) is 0 Å². The lowest BCUT2D eigenvalue weighted by atomic mass is 10.1. The Morgan fingerprint density at radius 2 is 1.53 bits per heavy atom. The van der Waals surface area contributed by atoms with E-state index in [1.807, 2.05) is 4.72 Å². The van der Waals surface area contributed by atoms with Crippen molar-refractivity contribution in [2.45, 2.75) is 25.4 Å². The van der Waals surface area contributed by atoms with Gasteiger partial charge >= 0.3 is 17.9 Å². The first-order valence-corrected chi connectivity index (χ1v) is 11.1. The largest absolute Gasteiger partial charge is 0.481 e. The van der Waals surface area contributed by atoms with Gasteiger partial charge in [-0.2, -0.15) is 17.9 Å². The summed E-state index contributed by atoms with van der Waals surface area (Å²) < 4.78 is 33.7. The van der Waals surface area contributed by atoms with Gasteiger partial charge in [0.15, 0.2) is 5.96 Å². The molecule has 0 heterocycles. The molecular formula is C20H23N5O8S. The zero-order valence-electron chi connectivity index (χ0n) is 17.6. The normalized spacial score (nSPS) is 11.1. The molecular weight excluding hydrogens is 470 g/mol. The first-order valence-electron chi connectivity index (χ1n) is 9.66. The third kappa shape index (κ3) is 9.23. The minimum absolute atomic E-state index is 0.180. The number of carboxylic acid groups (broad SMARTS) is 2. The molecule has 0 atom stereocenters. The van der Waals surface area contributed by atoms with Crippen LogP contribution in [-0.4, -0.2) is 48.5 Å². The highest BCUT2D eigenvalue weighted by molar-refractivity contribution is 7.87. The SMILES string of the molecule is N=C(N)Nc1ccc(C(=O)Oc2ccc(CNS(=O)(=O)NC(CC(=O)O)CC(=O)O)cc2)cc1. The number of nitrogens with one attached hydrogen (secondary N) is 4. The highest BCUT2D eigenvalue weighted by atomic mass is 32.2. The van der Waals surface area contributed by atoms with E-state index < -0.39 is 47.0 Å². The van der Waals surface area contributed by atoms with Crippen molar-refractivity contribution in [3.05, 3.63) is 59.7 Å². The highest BCUT2D eigenvalue weighted by Crippen LogP contribution is 2.16. The zero-order valence-corrected chi connectivity index (χ0v) is 18.5. The van der Waals surface area contributed by atoms with Gasteiger partial charge < -0.3 is 26.0 Å². The number of ether oxygens (including phenoxy) is 1. The van der Waals surface area contributed by atoms with E-state index in [0.29, 0.717) is 11.3 Å². The Morgan fingerprint density at radius 1 is 0.971 bits per heavy atom. The van der Waals surface area contributed by atoms with E-state index in [1.54, 1.807) is 12.1 Å². The molecule has 0 fully saturated rings. The predicted molar refractivity (Wildman–Crippen MR) is 121 cm³/mol. The molecule has 13 nitrogen and oxygen atoms in total. The molecule has 0 unspecified atom stereocenters. The lowest BCUT2D eigenvalue weighted by Gasteiger charge is -2.15. The molecule has 0 amide bonds. The van der Waals surface area contributed by atoms with Crippen molar-refractivity contribution in [3.8, 4) is 5.75 Å². The summed E-state index contributed by atoms with van der Waals surface area (Å²) in [5.74, 6) is -3.35. The monoisotopic (exact) mass is 493 g/mol. The molecule has 0 spiro atoms. The predicted octanol–water partition coefficient (Wildman–Crippen LogP) is 0.453. The molecule has 0 saturated heterocycles. The van der Waals surface area contributed by atoms with Crippen molar-refractivity contribution in [2.75, 3.05) is 5.32 Å². The number of carbonyl (C=O) groups is 3. The fourth-order valence-corrected chi connectivity index (χ4v) is 3.75. The van der Waals surface area contributed by atoms with Gasteiger partial charge in [-0.3, -0.25) is 15.0 Å². The van der Waals surface area contributed by atoms with Crippen LogP contribution in [0.3, 0.4) is 0 Å². The van der Waals surface area contributed by atoms with Crippen LogP contribution in [0.15, 0.2) is 48.5 Å². The van der Waals surface area contributed by atoms with E-state index in [2.05, 4.69) is 10.0 Å². The van der Waals surface area contributed by atoms with Crippen molar-refractivity contribution in [2.24, 2.45) is 5.73 Å². The van der Waals surface area contributed by atoms with E-state index in [1.165, 1.54) is 36.4 Å². The number of rotatable bonds is 12. The number of carbonyl (C=O) groups excluding carboxylic acids is 1. The Balaban J connectivity index is 1.92. The summed E-state index contributed by atoms with van der Waals surface area (Å²) in [5.41, 5.74) is 6.52. The highest BCUT2D eigenvalue weighted by Gasteiger charge is 2.22. The molecule has 0 aliphatic carbocycles. The van der Waals surface area contributed by atoms with Gasteiger partial charge in [-0.05, 0) is 42.0 Å². The molecule has 8 N–H and O–H groups in total. The van der Waals surface area contributed by atoms with Crippen LogP contribution in [-0.2, 0) is 26.3 Å². The molecule has 0 aliphatic rings. The number of carboxylic acids is 2. The summed E-state index contributed by atoms with van der Waals surface area (Å²) in [6, 6.07) is 10.7. The quantitative estimate of drug-likeness (QED) is 0.0936. The summed E-state index contributed by atoms with van der Waals surface area (Å²) in [4.78, 5) is 33.9. The zero-order chi connectivity index (χ0) is 25.3. The van der Waals surface area contributed by atoms with E-state index >= 15 is 0 Å². The maximum Gasteiger partial charge on any atom is 0.343 e. The van der Waals surface area contributed by atoms with Crippen LogP contribution >= 0.6 is 0 Å². The van der Waals surface area contributed by atoms with E-state index in [4.69, 9.17) is 26.1 Å². The average Bonchev–Trinajstić information content (AvgIpc) is 2.72. The van der Waals surface area contributed by atoms with Crippen molar-refractivity contribution in [1.29, 1.82) is 5.41 Å². The molecule has 2 aromatic carbocycles. The van der Waals surface area contributed by atoms with Crippen molar-refractivity contribution >= 4 is 39.8 Å². The van der Waals surface area contributed by atoms with Crippen molar-refractivity contribution in [1.82, 2.24) is 9.44 Å². The molecule has 14 heteroatoms. The number of benzene rings is 2. The molecule has 0 aliphatic heterocycles. The van der Waals surface area contributed by atoms with Crippen LogP contribution in [0.1, 0.15) is 28.8 Å². The summed E-state index contributed by atoms with van der Waals surface area (Å²) in [7, 11) is -4.18. The smallest absolute Gasteiger partial charge is 0.343 e. The maximum atomic E-state index is 12.3. The number of guanidine groups is 1. The van der Waals surface area contributed by atoms with Crippen LogP contribution in [0.5, 0.6) is 5.75 Å². The van der Waals surface area contributed by atoms with E-state index in [0.717, 1.165) is 0 Å². The van der Waals surface area contributed by atoms with Crippen LogP contribution < -0.4 is 25.2 Å². The van der Waals surface area contributed by atoms with Crippen LogP contribution in [0.25, 0.3) is 0 Å². The third-order valence-electron chi connectivity index (χ3n) is 4.16. The Morgan fingerprint density at radius 3 is 2.03 bits per heavy atom. The fourth-order valence-electron chi connectivity index (χ4n) is 2.70. The summed E-state index contributed by atoms with van der Waals surface area (Å²) in [5, 5.41) is 27.4. The molecule has 0 radical (unpaired) electrons. The van der Waals surface area contributed by atoms with Gasteiger partial charge in [0.1, 0.15) is 5.75 Å². The lowest BCUT2D eigenvalue weighted by molar-refractivity contribution is -0.139. The van der Waals surface area contributed by atoms with Gasteiger partial charge in [0.05, 0.1) is 18.4 Å². The number of nitrogens with two attached hydrogens (primary N) is 1. The lowest BCUT2D eigenvalue weighted by Crippen LogP contribution is -2.44. The molecule has 2 aromatic rings. The van der Waals surface area contributed by atoms with Gasteiger partial charge in [0.2, 0.25) is 0 Å². The topological polar surface area (TPSA) is 221 Å². The third-order valence-corrected chi connectivity index (χ3v) is 5.33. The van der Waals surface area contributed by atoms with Gasteiger partial charge in [-0.15, -0.1) is 0 Å². The maximum absolute atomic E-state index is 12.3. The Kier molecular flexibility index (Phi) is 9.06.